The van der Waals surface area contributed by atoms with Crippen molar-refractivity contribution in [3.63, 3.8) is 0 Å². The molecule has 4 atom stereocenters. The maximum absolute atomic E-state index is 12.3. The Labute approximate surface area is 115 Å². The highest BCUT2D eigenvalue weighted by Crippen LogP contribution is 2.52. The number of fused-ring (bicyclic) bond motifs is 5. The van der Waals surface area contributed by atoms with Crippen LogP contribution in [0.1, 0.15) is 17.9 Å². The van der Waals surface area contributed by atoms with Crippen LogP contribution >= 0.6 is 0 Å². The smallest absolute Gasteiger partial charge is 0.254 e. The summed E-state index contributed by atoms with van der Waals surface area (Å²) < 4.78 is 5.35. The van der Waals surface area contributed by atoms with Gasteiger partial charge in [0.25, 0.3) is 11.8 Å². The van der Waals surface area contributed by atoms with Crippen molar-refractivity contribution in [2.24, 2.45) is 28.8 Å². The monoisotopic (exact) mass is 270 g/mol. The van der Waals surface area contributed by atoms with E-state index in [-0.39, 0.29) is 35.5 Å². The van der Waals surface area contributed by atoms with E-state index in [1.807, 2.05) is 13.0 Å². The first-order valence-corrected chi connectivity index (χ1v) is 6.82. The van der Waals surface area contributed by atoms with Crippen molar-refractivity contribution in [3.8, 4) is 0 Å². The third-order valence-corrected chi connectivity index (χ3v) is 4.51. The van der Waals surface area contributed by atoms with E-state index in [9.17, 15) is 9.59 Å². The Hall–Kier alpha value is -2.17. The molecule has 4 rings (SSSR count). The van der Waals surface area contributed by atoms with Crippen LogP contribution in [0.5, 0.6) is 0 Å². The first-order chi connectivity index (χ1) is 9.65. The summed E-state index contributed by atoms with van der Waals surface area (Å²) in [6.45, 7) is 1.83. The lowest BCUT2D eigenvalue weighted by atomic mass is 9.85. The van der Waals surface area contributed by atoms with E-state index in [0.29, 0.717) is 5.76 Å². The maximum atomic E-state index is 12.3. The summed E-state index contributed by atoms with van der Waals surface area (Å²) in [4.78, 5) is 24.7. The van der Waals surface area contributed by atoms with Crippen molar-refractivity contribution in [2.45, 2.75) is 13.3 Å². The van der Waals surface area contributed by atoms with E-state index in [1.165, 1.54) is 6.21 Å². The van der Waals surface area contributed by atoms with Crippen LogP contribution in [0.15, 0.2) is 33.8 Å². The highest BCUT2D eigenvalue weighted by molar-refractivity contribution is 6.06. The van der Waals surface area contributed by atoms with Crippen LogP contribution in [0, 0.1) is 30.6 Å². The number of hydrogen-bond acceptors (Lipinski definition) is 4. The Morgan fingerprint density at radius 3 is 2.40 bits per heavy atom. The molecule has 0 spiro atoms. The Morgan fingerprint density at radius 2 is 1.85 bits per heavy atom. The molecule has 2 bridgehead atoms. The van der Waals surface area contributed by atoms with E-state index in [1.54, 1.807) is 6.07 Å². The Morgan fingerprint density at radius 1 is 1.20 bits per heavy atom. The highest BCUT2D eigenvalue weighted by atomic mass is 16.3. The van der Waals surface area contributed by atoms with Gasteiger partial charge in [0.1, 0.15) is 11.5 Å². The lowest BCUT2D eigenvalue weighted by Gasteiger charge is -2.13. The molecule has 1 aromatic heterocycles. The fourth-order valence-electron chi connectivity index (χ4n) is 3.64. The van der Waals surface area contributed by atoms with Gasteiger partial charge >= 0.3 is 0 Å². The molecule has 102 valence electrons. The number of carbonyl (C=O) groups is 2. The molecule has 1 saturated heterocycles. The second-order valence-electron chi connectivity index (χ2n) is 5.68. The summed E-state index contributed by atoms with van der Waals surface area (Å²) >= 11 is 0. The number of hydrogen-bond donors (Lipinski definition) is 0. The first-order valence-electron chi connectivity index (χ1n) is 6.82. The predicted molar refractivity (Wildman–Crippen MR) is 70.6 cm³/mol. The zero-order chi connectivity index (χ0) is 13.9. The molecule has 2 aliphatic carbocycles. The van der Waals surface area contributed by atoms with Crippen molar-refractivity contribution in [1.82, 2.24) is 5.01 Å². The van der Waals surface area contributed by atoms with Crippen LogP contribution in [-0.4, -0.2) is 23.0 Å². The van der Waals surface area contributed by atoms with Gasteiger partial charge < -0.3 is 4.42 Å². The van der Waals surface area contributed by atoms with Gasteiger partial charge in [0, 0.05) is 0 Å². The van der Waals surface area contributed by atoms with Crippen molar-refractivity contribution in [3.05, 3.63) is 35.8 Å². The summed E-state index contributed by atoms with van der Waals surface area (Å²) in [5.74, 6) is 1.000. The lowest BCUT2D eigenvalue weighted by Crippen LogP contribution is -2.28. The normalized spacial score (nSPS) is 34.8. The Balaban J connectivity index is 1.60. The minimum absolute atomic E-state index is 0.170. The van der Waals surface area contributed by atoms with Gasteiger partial charge in [-0.15, -0.1) is 0 Å². The molecule has 20 heavy (non-hydrogen) atoms. The van der Waals surface area contributed by atoms with Crippen molar-refractivity contribution in [2.75, 3.05) is 0 Å². The number of hydrazone groups is 1. The van der Waals surface area contributed by atoms with Gasteiger partial charge in [-0.3, -0.25) is 9.59 Å². The van der Waals surface area contributed by atoms with Crippen LogP contribution in [0.2, 0.25) is 0 Å². The van der Waals surface area contributed by atoms with Gasteiger partial charge in [-0.1, -0.05) is 12.2 Å². The van der Waals surface area contributed by atoms with Crippen LogP contribution in [0.25, 0.3) is 0 Å². The number of allylic oxidation sites excluding steroid dienone is 2. The Bertz CT molecular complexity index is 628. The Kier molecular flexibility index (Phi) is 2.28. The molecule has 0 radical (unpaired) electrons. The molecule has 0 unspecified atom stereocenters. The minimum atomic E-state index is -0.201. The van der Waals surface area contributed by atoms with Gasteiger partial charge in [-0.25, -0.2) is 0 Å². The largest absolute Gasteiger partial charge is 0.460 e. The van der Waals surface area contributed by atoms with Crippen LogP contribution in [0.3, 0.4) is 0 Å². The summed E-state index contributed by atoms with van der Waals surface area (Å²) in [6.07, 6.45) is 6.50. The fraction of sp³-hybridized carbons (Fsp3) is 0.400. The third-order valence-electron chi connectivity index (χ3n) is 4.51. The molecule has 5 nitrogen and oxygen atoms in total. The highest BCUT2D eigenvalue weighted by Gasteiger charge is 2.59. The number of imide groups is 1. The second kappa shape index (κ2) is 3.91. The van der Waals surface area contributed by atoms with Crippen molar-refractivity contribution < 1.29 is 14.0 Å². The molecule has 5 heteroatoms. The number of furan rings is 1. The number of carbonyl (C=O) groups excluding carboxylic acids is 2. The van der Waals surface area contributed by atoms with Gasteiger partial charge in [0.2, 0.25) is 0 Å². The van der Waals surface area contributed by atoms with E-state index >= 15 is 0 Å². The van der Waals surface area contributed by atoms with Crippen molar-refractivity contribution in [1.29, 1.82) is 0 Å². The molecule has 2 fully saturated rings. The van der Waals surface area contributed by atoms with E-state index in [2.05, 4.69) is 17.3 Å². The molecular formula is C15H14N2O3. The molecule has 3 aliphatic rings. The zero-order valence-corrected chi connectivity index (χ0v) is 11.0. The minimum Gasteiger partial charge on any atom is -0.460 e. The molecular weight excluding hydrogens is 256 g/mol. The van der Waals surface area contributed by atoms with Crippen LogP contribution in [0.4, 0.5) is 0 Å². The van der Waals surface area contributed by atoms with Gasteiger partial charge in [-0.05, 0) is 37.3 Å². The number of amides is 2. The van der Waals surface area contributed by atoms with Crippen LogP contribution in [-0.2, 0) is 9.59 Å². The summed E-state index contributed by atoms with van der Waals surface area (Å²) in [7, 11) is 0. The number of nitrogens with zero attached hydrogens (tertiary/aromatic N) is 2. The average Bonchev–Trinajstić information content (AvgIpc) is 3.15. The summed E-state index contributed by atoms with van der Waals surface area (Å²) in [5, 5.41) is 5.06. The van der Waals surface area contributed by atoms with Gasteiger partial charge in [0.05, 0.1) is 18.1 Å². The summed E-state index contributed by atoms with van der Waals surface area (Å²) in [6, 6.07) is 3.57. The first kappa shape index (κ1) is 11.6. The van der Waals surface area contributed by atoms with Gasteiger partial charge in [-0.2, -0.15) is 10.1 Å². The topological polar surface area (TPSA) is 62.9 Å². The molecule has 0 N–H and O–H groups in total. The molecule has 2 amide bonds. The molecule has 2 heterocycles. The van der Waals surface area contributed by atoms with E-state index in [0.717, 1.165) is 17.2 Å². The summed E-state index contributed by atoms with van der Waals surface area (Å²) in [5.41, 5.74) is 0. The standard InChI is InChI=1S/C15H14N2O3/c1-8-2-5-11(20-8)7-16-17-14(18)12-9-3-4-10(6-9)13(12)15(17)19/h2-5,7,9-10,12-13H,6H2,1H3/b16-7-/t9-,10-,12-,13+/m0/s1. The molecule has 1 aliphatic heterocycles. The lowest BCUT2D eigenvalue weighted by molar-refractivity contribution is -0.140. The van der Waals surface area contributed by atoms with E-state index in [4.69, 9.17) is 4.42 Å². The van der Waals surface area contributed by atoms with Crippen LogP contribution < -0.4 is 0 Å². The number of aryl methyl sites for hydroxylation is 1. The third kappa shape index (κ3) is 1.46. The second-order valence-corrected chi connectivity index (χ2v) is 5.68. The number of rotatable bonds is 2. The van der Waals surface area contributed by atoms with Crippen molar-refractivity contribution >= 4 is 18.0 Å². The van der Waals surface area contributed by atoms with E-state index < -0.39 is 0 Å². The fourth-order valence-corrected chi connectivity index (χ4v) is 3.64. The molecule has 0 aromatic carbocycles. The van der Waals surface area contributed by atoms with Gasteiger partial charge in [0.15, 0.2) is 0 Å². The average molecular weight is 270 g/mol. The maximum Gasteiger partial charge on any atom is 0.254 e. The molecule has 1 aromatic rings. The SMILES string of the molecule is Cc1ccc(/C=N\N2C(=O)[C@@H]3[C@H](C2=O)[C@H]2C=C[C@H]3C2)o1. The zero-order valence-electron chi connectivity index (χ0n) is 11.0. The quantitative estimate of drug-likeness (QED) is 0.467. The molecule has 1 saturated carbocycles. The predicted octanol–water partition coefficient (Wildman–Crippen LogP) is 1.73.